The maximum Gasteiger partial charge on any atom is 0.197 e. The molecule has 0 aliphatic carbocycles. The van der Waals surface area contributed by atoms with E-state index in [4.69, 9.17) is 4.74 Å². The van der Waals surface area contributed by atoms with Gasteiger partial charge in [0.2, 0.25) is 0 Å². The molecule has 1 aliphatic rings. The van der Waals surface area contributed by atoms with Crippen molar-refractivity contribution >= 4 is 20.6 Å². The van der Waals surface area contributed by atoms with Crippen LogP contribution in [0, 0.1) is 5.92 Å². The Bertz CT molecular complexity index is 188. The van der Waals surface area contributed by atoms with Gasteiger partial charge in [0.25, 0.3) is 0 Å². The maximum atomic E-state index is 10.7. The van der Waals surface area contributed by atoms with Crippen molar-refractivity contribution in [2.45, 2.75) is 58.0 Å². The summed E-state index contributed by atoms with van der Waals surface area (Å²) in [6.45, 7) is 3.20. The SMILES string of the molecule is CC(CCCC(=O)Br)CC1CCCCO1. The van der Waals surface area contributed by atoms with E-state index in [1.54, 1.807) is 0 Å². The minimum atomic E-state index is 0.128. The summed E-state index contributed by atoms with van der Waals surface area (Å²) in [7, 11) is 0. The fraction of sp³-hybridized carbons (Fsp3) is 0.917. The minimum Gasteiger partial charge on any atom is -0.378 e. The molecule has 0 amide bonds. The quantitative estimate of drug-likeness (QED) is 0.692. The fourth-order valence-corrected chi connectivity index (χ4v) is 2.43. The Kier molecular flexibility index (Phi) is 6.50. The Hall–Kier alpha value is 0.110. The molecule has 2 atom stereocenters. The molecule has 1 aliphatic heterocycles. The number of carbonyl (C=O) groups excluding carboxylic acids is 1. The predicted octanol–water partition coefficient (Wildman–Crippen LogP) is 3.67. The van der Waals surface area contributed by atoms with Gasteiger partial charge in [-0.05, 0) is 54.0 Å². The highest BCUT2D eigenvalue weighted by atomic mass is 79.9. The first kappa shape index (κ1) is 13.2. The van der Waals surface area contributed by atoms with E-state index in [9.17, 15) is 4.79 Å². The van der Waals surface area contributed by atoms with Crippen molar-refractivity contribution in [2.75, 3.05) is 6.61 Å². The highest BCUT2D eigenvalue weighted by Gasteiger charge is 2.16. The zero-order chi connectivity index (χ0) is 11.1. The summed E-state index contributed by atoms with van der Waals surface area (Å²) in [6.07, 6.45) is 8.21. The number of hydrogen-bond acceptors (Lipinski definition) is 2. The molecule has 1 fully saturated rings. The molecule has 3 heteroatoms. The Morgan fingerprint density at radius 2 is 2.33 bits per heavy atom. The molecular weight excluding hydrogens is 256 g/mol. The first-order valence-corrected chi connectivity index (χ1v) is 6.77. The number of hydrogen-bond donors (Lipinski definition) is 0. The van der Waals surface area contributed by atoms with Gasteiger partial charge in [-0.3, -0.25) is 4.79 Å². The lowest BCUT2D eigenvalue weighted by Crippen LogP contribution is -2.21. The molecule has 1 heterocycles. The van der Waals surface area contributed by atoms with Crippen LogP contribution in [0.3, 0.4) is 0 Å². The van der Waals surface area contributed by atoms with E-state index in [0.29, 0.717) is 18.4 Å². The van der Waals surface area contributed by atoms with Crippen LogP contribution in [-0.4, -0.2) is 17.4 Å². The third-order valence-electron chi connectivity index (χ3n) is 3.01. The summed E-state index contributed by atoms with van der Waals surface area (Å²) in [5, 5.41) is 0. The van der Waals surface area contributed by atoms with Gasteiger partial charge in [0.15, 0.2) is 4.69 Å². The molecule has 0 aromatic carbocycles. The summed E-state index contributed by atoms with van der Waals surface area (Å²) >= 11 is 2.96. The number of rotatable bonds is 6. The smallest absolute Gasteiger partial charge is 0.197 e. The van der Waals surface area contributed by atoms with Crippen molar-refractivity contribution in [3.8, 4) is 0 Å². The van der Waals surface area contributed by atoms with Crippen LogP contribution in [0.15, 0.2) is 0 Å². The van der Waals surface area contributed by atoms with E-state index in [1.165, 1.54) is 19.3 Å². The van der Waals surface area contributed by atoms with Crippen LogP contribution in [-0.2, 0) is 9.53 Å². The van der Waals surface area contributed by atoms with E-state index < -0.39 is 0 Å². The van der Waals surface area contributed by atoms with Crippen molar-refractivity contribution in [2.24, 2.45) is 5.92 Å². The topological polar surface area (TPSA) is 26.3 Å². The Balaban J connectivity index is 2.06. The lowest BCUT2D eigenvalue weighted by molar-refractivity contribution is -0.110. The van der Waals surface area contributed by atoms with Gasteiger partial charge in [-0.15, -0.1) is 0 Å². The van der Waals surface area contributed by atoms with Gasteiger partial charge in [0.1, 0.15) is 0 Å². The first-order chi connectivity index (χ1) is 7.18. The van der Waals surface area contributed by atoms with Crippen molar-refractivity contribution in [3.63, 3.8) is 0 Å². The van der Waals surface area contributed by atoms with E-state index in [2.05, 4.69) is 22.9 Å². The lowest BCUT2D eigenvalue weighted by Gasteiger charge is -2.25. The van der Waals surface area contributed by atoms with Crippen LogP contribution in [0.5, 0.6) is 0 Å². The van der Waals surface area contributed by atoms with E-state index in [-0.39, 0.29) is 4.69 Å². The van der Waals surface area contributed by atoms with Crippen LogP contribution >= 0.6 is 15.9 Å². The molecule has 0 bridgehead atoms. The second kappa shape index (κ2) is 7.39. The van der Waals surface area contributed by atoms with Gasteiger partial charge < -0.3 is 4.74 Å². The van der Waals surface area contributed by atoms with Gasteiger partial charge in [0, 0.05) is 13.0 Å². The molecule has 0 spiro atoms. The average Bonchev–Trinajstić information content (AvgIpc) is 2.18. The Labute approximate surface area is 101 Å². The molecule has 88 valence electrons. The Morgan fingerprint density at radius 3 is 2.93 bits per heavy atom. The summed E-state index contributed by atoms with van der Waals surface area (Å²) in [6, 6.07) is 0. The fourth-order valence-electron chi connectivity index (χ4n) is 2.15. The van der Waals surface area contributed by atoms with Crippen LogP contribution in [0.2, 0.25) is 0 Å². The predicted molar refractivity (Wildman–Crippen MR) is 65.2 cm³/mol. The molecule has 1 rings (SSSR count). The second-order valence-electron chi connectivity index (χ2n) is 4.58. The van der Waals surface area contributed by atoms with Crippen LogP contribution < -0.4 is 0 Å². The van der Waals surface area contributed by atoms with Crippen molar-refractivity contribution in [1.82, 2.24) is 0 Å². The molecule has 1 saturated heterocycles. The molecule has 0 aromatic heterocycles. The summed E-state index contributed by atoms with van der Waals surface area (Å²) in [5.41, 5.74) is 0. The summed E-state index contributed by atoms with van der Waals surface area (Å²) < 4.78 is 5.83. The van der Waals surface area contributed by atoms with E-state index in [0.717, 1.165) is 25.9 Å². The number of ether oxygens (including phenoxy) is 1. The van der Waals surface area contributed by atoms with Gasteiger partial charge in [-0.1, -0.05) is 13.3 Å². The normalized spacial score (nSPS) is 23.7. The third-order valence-corrected chi connectivity index (χ3v) is 3.41. The van der Waals surface area contributed by atoms with Gasteiger partial charge in [-0.25, -0.2) is 0 Å². The second-order valence-corrected chi connectivity index (χ2v) is 5.46. The molecule has 2 unspecified atom stereocenters. The van der Waals surface area contributed by atoms with E-state index >= 15 is 0 Å². The molecule has 2 nitrogen and oxygen atoms in total. The third kappa shape index (κ3) is 6.31. The molecule has 0 saturated carbocycles. The van der Waals surface area contributed by atoms with Gasteiger partial charge >= 0.3 is 0 Å². The van der Waals surface area contributed by atoms with Crippen molar-refractivity contribution in [3.05, 3.63) is 0 Å². The molecular formula is C12H21BrO2. The van der Waals surface area contributed by atoms with Crippen LogP contribution in [0.25, 0.3) is 0 Å². The van der Waals surface area contributed by atoms with Crippen LogP contribution in [0.4, 0.5) is 0 Å². The zero-order valence-corrected chi connectivity index (χ0v) is 11.1. The summed E-state index contributed by atoms with van der Waals surface area (Å²) in [5.74, 6) is 0.681. The van der Waals surface area contributed by atoms with E-state index in [1.807, 2.05) is 0 Å². The standard InChI is InChI=1S/C12H21BrO2/c1-10(5-4-7-12(13)14)9-11-6-2-3-8-15-11/h10-11H,2-9H2,1H3. The molecule has 15 heavy (non-hydrogen) atoms. The highest BCUT2D eigenvalue weighted by molar-refractivity contribution is 9.18. The lowest BCUT2D eigenvalue weighted by atomic mass is 9.94. The van der Waals surface area contributed by atoms with Crippen molar-refractivity contribution in [1.29, 1.82) is 0 Å². The molecule has 0 N–H and O–H groups in total. The largest absolute Gasteiger partial charge is 0.378 e. The molecule has 0 radical (unpaired) electrons. The zero-order valence-electron chi connectivity index (χ0n) is 9.51. The summed E-state index contributed by atoms with van der Waals surface area (Å²) in [4.78, 5) is 10.7. The average molecular weight is 277 g/mol. The highest BCUT2D eigenvalue weighted by Crippen LogP contribution is 2.22. The Morgan fingerprint density at radius 1 is 1.53 bits per heavy atom. The molecule has 0 aromatic rings. The first-order valence-electron chi connectivity index (χ1n) is 5.98. The number of halogens is 1. The number of carbonyl (C=O) groups is 1. The minimum absolute atomic E-state index is 0.128. The monoisotopic (exact) mass is 276 g/mol. The van der Waals surface area contributed by atoms with Gasteiger partial charge in [0.05, 0.1) is 6.10 Å². The van der Waals surface area contributed by atoms with Gasteiger partial charge in [-0.2, -0.15) is 0 Å². The van der Waals surface area contributed by atoms with Crippen LogP contribution in [0.1, 0.15) is 51.9 Å². The maximum absolute atomic E-state index is 10.7. The van der Waals surface area contributed by atoms with Crippen molar-refractivity contribution < 1.29 is 9.53 Å².